The number of epoxide rings is 2. The van der Waals surface area contributed by atoms with E-state index in [1.165, 1.54) is 44.1 Å². The van der Waals surface area contributed by atoms with Crippen molar-refractivity contribution in [1.82, 2.24) is 0 Å². The van der Waals surface area contributed by atoms with Crippen molar-refractivity contribution in [3.05, 3.63) is 23.8 Å². The second kappa shape index (κ2) is 5.79. The van der Waals surface area contributed by atoms with Crippen molar-refractivity contribution in [2.24, 2.45) is 11.8 Å². The molecule has 2 aliphatic heterocycles. The van der Waals surface area contributed by atoms with Gasteiger partial charge in [-0.15, -0.1) is 0 Å². The first-order valence-electron chi connectivity index (χ1n) is 8.95. The van der Waals surface area contributed by atoms with Gasteiger partial charge < -0.3 is 9.47 Å². The van der Waals surface area contributed by atoms with Crippen LogP contribution < -0.4 is 0 Å². The first-order valence-corrected chi connectivity index (χ1v) is 8.95. The summed E-state index contributed by atoms with van der Waals surface area (Å²) in [6, 6.07) is 0. The van der Waals surface area contributed by atoms with E-state index in [-0.39, 0.29) is 11.2 Å². The van der Waals surface area contributed by atoms with Crippen LogP contribution in [0.15, 0.2) is 23.8 Å². The van der Waals surface area contributed by atoms with Crippen LogP contribution in [0.1, 0.15) is 66.2 Å². The van der Waals surface area contributed by atoms with E-state index in [0.29, 0.717) is 6.10 Å². The molecule has 2 aliphatic carbocycles. The molecular weight excluding hydrogens is 272 g/mol. The molecule has 3 unspecified atom stereocenters. The molecule has 1 saturated carbocycles. The van der Waals surface area contributed by atoms with E-state index in [4.69, 9.17) is 9.47 Å². The van der Waals surface area contributed by atoms with Gasteiger partial charge in [0.15, 0.2) is 0 Å². The number of allylic oxidation sites excluding steroid dienone is 3. The van der Waals surface area contributed by atoms with Gasteiger partial charge in [-0.2, -0.15) is 0 Å². The quantitative estimate of drug-likeness (QED) is 0.527. The highest BCUT2D eigenvalue weighted by Crippen LogP contribution is 2.50. The molecule has 2 heteroatoms. The fourth-order valence-electron chi connectivity index (χ4n) is 3.96. The molecule has 4 aliphatic rings. The Hall–Kier alpha value is -0.600. The molecule has 3 fully saturated rings. The van der Waals surface area contributed by atoms with Crippen LogP contribution in [0.4, 0.5) is 0 Å². The minimum Gasteiger partial charge on any atom is -0.370 e. The zero-order valence-electron chi connectivity index (χ0n) is 14.8. The number of ether oxygens (including phenoxy) is 2. The van der Waals surface area contributed by atoms with Crippen LogP contribution in [0.5, 0.6) is 0 Å². The normalized spacial score (nSPS) is 45.8. The van der Waals surface area contributed by atoms with Crippen LogP contribution in [-0.4, -0.2) is 23.9 Å². The summed E-state index contributed by atoms with van der Waals surface area (Å²) in [5, 5.41) is 0. The lowest BCUT2D eigenvalue weighted by molar-refractivity contribution is 0.221. The summed E-state index contributed by atoms with van der Waals surface area (Å²) in [4.78, 5) is 0. The summed E-state index contributed by atoms with van der Waals surface area (Å²) >= 11 is 0. The molecule has 4 rings (SSSR count). The SMILES string of the molecule is C=C(C)[C@H]1CCC2(C)OC2C1.CC1=CC[C@@H](C2(C)CO2)CC1. The van der Waals surface area contributed by atoms with Crippen LogP contribution in [0.3, 0.4) is 0 Å². The van der Waals surface area contributed by atoms with E-state index in [1.54, 1.807) is 5.57 Å². The lowest BCUT2D eigenvalue weighted by Crippen LogP contribution is -2.22. The van der Waals surface area contributed by atoms with Crippen LogP contribution in [0.2, 0.25) is 0 Å². The van der Waals surface area contributed by atoms with Crippen LogP contribution in [0, 0.1) is 11.8 Å². The van der Waals surface area contributed by atoms with E-state index in [1.807, 2.05) is 0 Å². The van der Waals surface area contributed by atoms with E-state index < -0.39 is 0 Å². The van der Waals surface area contributed by atoms with Crippen molar-refractivity contribution >= 4 is 0 Å². The van der Waals surface area contributed by atoms with Crippen molar-refractivity contribution in [3.8, 4) is 0 Å². The molecule has 0 bridgehead atoms. The molecule has 2 nitrogen and oxygen atoms in total. The molecular formula is C20H32O2. The molecule has 0 N–H and O–H groups in total. The third-order valence-corrected chi connectivity index (χ3v) is 6.32. The zero-order valence-corrected chi connectivity index (χ0v) is 14.8. The molecule has 0 spiro atoms. The van der Waals surface area contributed by atoms with Crippen LogP contribution in [-0.2, 0) is 9.47 Å². The van der Waals surface area contributed by atoms with Crippen LogP contribution in [0.25, 0.3) is 0 Å². The van der Waals surface area contributed by atoms with E-state index in [2.05, 4.69) is 40.3 Å². The molecule has 0 aromatic rings. The summed E-state index contributed by atoms with van der Waals surface area (Å²) in [5.74, 6) is 1.53. The highest BCUT2D eigenvalue weighted by molar-refractivity contribution is 5.10. The smallest absolute Gasteiger partial charge is 0.0920 e. The first-order chi connectivity index (χ1) is 10.3. The molecule has 2 saturated heterocycles. The molecule has 0 amide bonds. The third-order valence-electron chi connectivity index (χ3n) is 6.32. The molecule has 0 aromatic carbocycles. The van der Waals surface area contributed by atoms with Crippen molar-refractivity contribution in [2.75, 3.05) is 6.61 Å². The lowest BCUT2D eigenvalue weighted by atomic mass is 9.80. The maximum Gasteiger partial charge on any atom is 0.0920 e. The highest BCUT2D eigenvalue weighted by atomic mass is 16.6. The van der Waals surface area contributed by atoms with Crippen molar-refractivity contribution in [2.45, 2.75) is 83.5 Å². The van der Waals surface area contributed by atoms with Gasteiger partial charge in [-0.1, -0.05) is 23.8 Å². The molecule has 0 radical (unpaired) electrons. The Labute approximate surface area is 136 Å². The second-order valence-corrected chi connectivity index (χ2v) is 8.36. The maximum atomic E-state index is 5.60. The average molecular weight is 304 g/mol. The number of hydrogen-bond donors (Lipinski definition) is 0. The molecule has 2 heterocycles. The van der Waals surface area contributed by atoms with Gasteiger partial charge >= 0.3 is 0 Å². The summed E-state index contributed by atoms with van der Waals surface area (Å²) in [7, 11) is 0. The molecule has 124 valence electrons. The summed E-state index contributed by atoms with van der Waals surface area (Å²) < 4.78 is 11.0. The monoisotopic (exact) mass is 304 g/mol. The first kappa shape index (κ1) is 16.3. The fourth-order valence-corrected chi connectivity index (χ4v) is 3.96. The molecule has 5 atom stereocenters. The van der Waals surface area contributed by atoms with Gasteiger partial charge in [-0.05, 0) is 78.1 Å². The van der Waals surface area contributed by atoms with Crippen molar-refractivity contribution in [3.63, 3.8) is 0 Å². The minimum atomic E-state index is 0.261. The molecule has 22 heavy (non-hydrogen) atoms. The van der Waals surface area contributed by atoms with Gasteiger partial charge in [0.1, 0.15) is 0 Å². The van der Waals surface area contributed by atoms with Crippen molar-refractivity contribution in [1.29, 1.82) is 0 Å². The fraction of sp³-hybridized carbons (Fsp3) is 0.800. The van der Waals surface area contributed by atoms with Crippen molar-refractivity contribution < 1.29 is 9.47 Å². The Morgan fingerprint density at radius 3 is 2.50 bits per heavy atom. The van der Waals surface area contributed by atoms with Gasteiger partial charge in [0, 0.05) is 0 Å². The van der Waals surface area contributed by atoms with Gasteiger partial charge in [-0.25, -0.2) is 0 Å². The largest absolute Gasteiger partial charge is 0.370 e. The molecule has 0 aromatic heterocycles. The van der Waals surface area contributed by atoms with Crippen LogP contribution >= 0.6 is 0 Å². The topological polar surface area (TPSA) is 25.1 Å². The standard InChI is InChI=1S/2C10H16O/c1-7(2)8-4-5-10(3)9(6-8)11-10;1-8-3-5-9(6-4-8)10(2)7-11-10/h8-9H,1,4-6H2,2-3H3;3,9H,4-7H2,1-2H3/t8-,9?,10?;9-,10?/m01/s1. The summed E-state index contributed by atoms with van der Waals surface area (Å²) in [6.45, 7) is 13.8. The zero-order chi connectivity index (χ0) is 16.0. The third kappa shape index (κ3) is 3.49. The summed E-state index contributed by atoms with van der Waals surface area (Å²) in [5.41, 5.74) is 3.43. The number of rotatable bonds is 2. The second-order valence-electron chi connectivity index (χ2n) is 8.36. The predicted molar refractivity (Wildman–Crippen MR) is 90.9 cm³/mol. The Morgan fingerprint density at radius 1 is 1.27 bits per heavy atom. The summed E-state index contributed by atoms with van der Waals surface area (Å²) in [6.07, 6.45) is 10.5. The Morgan fingerprint density at radius 2 is 2.00 bits per heavy atom. The van der Waals surface area contributed by atoms with E-state index in [0.717, 1.165) is 18.4 Å². The highest BCUT2D eigenvalue weighted by Gasteiger charge is 2.55. The lowest BCUT2D eigenvalue weighted by Gasteiger charge is -2.23. The van der Waals surface area contributed by atoms with Gasteiger partial charge in [0.2, 0.25) is 0 Å². The van der Waals surface area contributed by atoms with Gasteiger partial charge in [-0.3, -0.25) is 0 Å². The Kier molecular flexibility index (Phi) is 4.28. The predicted octanol–water partition coefficient (Wildman–Crippen LogP) is 5.04. The van der Waals surface area contributed by atoms with Gasteiger partial charge in [0.05, 0.1) is 23.9 Å². The minimum absolute atomic E-state index is 0.261. The average Bonchev–Trinajstić information content (AvgIpc) is 3.36. The number of fused-ring (bicyclic) bond motifs is 1. The number of hydrogen-bond acceptors (Lipinski definition) is 2. The van der Waals surface area contributed by atoms with E-state index in [9.17, 15) is 0 Å². The van der Waals surface area contributed by atoms with E-state index >= 15 is 0 Å². The van der Waals surface area contributed by atoms with Gasteiger partial charge in [0.25, 0.3) is 0 Å². The maximum absolute atomic E-state index is 5.60. The Bertz CT molecular complexity index is 474. The Balaban J connectivity index is 0.000000131.